The second kappa shape index (κ2) is 25.0. The van der Waals surface area contributed by atoms with Crippen LogP contribution in [0, 0.1) is 0 Å². The van der Waals surface area contributed by atoms with Crippen molar-refractivity contribution < 1.29 is 0 Å². The van der Waals surface area contributed by atoms with Gasteiger partial charge in [-0.2, -0.15) is 0 Å². The first kappa shape index (κ1) is 59.9. The van der Waals surface area contributed by atoms with Crippen molar-refractivity contribution in [3.05, 3.63) is 352 Å². The standard InChI is InChI=1S/C50H30N4.C46H28N4/c1-2-9-39-36(7-1)28-44(41-11-4-3-10-40(39)41)47-24-21-37-27-34(20-23-46(37)53-47)35-18-17-33-19-22-45(54-48(33)30-35)32-15-13-31(14-16-32)43-29-38-8-5-25-51-49(38)50-42(43)12-6-26-52-50;1-2-9-37-29(6-1)7-3-10-38(37)43-23-20-35-26-33(19-22-42(35)49-43)34-17-16-32-18-21-41(50-44(32)28-34)31-14-12-30(13-15-31)40-27-36-8-4-24-47-45(36)46-39(40)11-5-25-48-46/h1-30H;1-28H. The average molecular weight is 1320 g/mol. The highest BCUT2D eigenvalue weighted by atomic mass is 14.7. The van der Waals surface area contributed by atoms with E-state index in [0.29, 0.717) is 0 Å². The maximum absolute atomic E-state index is 5.17. The Morgan fingerprint density at radius 1 is 0.154 bits per heavy atom. The summed E-state index contributed by atoms with van der Waals surface area (Å²) >= 11 is 0. The van der Waals surface area contributed by atoms with Gasteiger partial charge in [-0.25, -0.2) is 19.9 Å². The normalized spacial score (nSPS) is 11.7. The fourth-order valence-corrected chi connectivity index (χ4v) is 15.2. The van der Waals surface area contributed by atoms with Crippen LogP contribution in [-0.2, 0) is 0 Å². The van der Waals surface area contributed by atoms with Gasteiger partial charge in [0.25, 0.3) is 0 Å². The molecule has 0 spiro atoms. The van der Waals surface area contributed by atoms with E-state index in [9.17, 15) is 0 Å². The van der Waals surface area contributed by atoms with E-state index in [1.807, 2.05) is 49.1 Å². The van der Waals surface area contributed by atoms with Crippen LogP contribution in [0.2, 0.25) is 0 Å². The predicted molar refractivity (Wildman–Crippen MR) is 431 cm³/mol. The van der Waals surface area contributed by atoms with Gasteiger partial charge in [-0.1, -0.05) is 224 Å². The van der Waals surface area contributed by atoms with Crippen LogP contribution in [0.15, 0.2) is 352 Å². The molecule has 21 rings (SSSR count). The SMILES string of the molecule is c1ccc2c(-c3ccc4cc(-c5ccc6ccc(-c7ccc(-c8cc9cccnc9c9ncccc89)cc7)nc6c5)ccc4n3)cccc2c1.c1ccc2c(c1)cc(-c1ccc3cc(-c4ccc5ccc(-c6ccc(-c7cc8cccnc8c8ncccc78)cc6)nc5c4)ccc3n1)c1ccccc12. The molecule has 104 heavy (non-hydrogen) atoms. The summed E-state index contributed by atoms with van der Waals surface area (Å²) in [5, 5.41) is 16.2. The van der Waals surface area contributed by atoms with Gasteiger partial charge in [0, 0.05) is 90.1 Å². The molecule has 0 aliphatic heterocycles. The number of hydrogen-bond acceptors (Lipinski definition) is 8. The summed E-state index contributed by atoms with van der Waals surface area (Å²) in [5.41, 5.74) is 25.0. The molecule has 0 radical (unpaired) electrons. The van der Waals surface area contributed by atoms with E-state index in [-0.39, 0.29) is 0 Å². The van der Waals surface area contributed by atoms with E-state index in [0.717, 1.165) is 177 Å². The smallest absolute Gasteiger partial charge is 0.0970 e. The van der Waals surface area contributed by atoms with Crippen molar-refractivity contribution in [3.8, 4) is 89.5 Å². The summed E-state index contributed by atoms with van der Waals surface area (Å²) in [6.07, 6.45) is 7.32. The summed E-state index contributed by atoms with van der Waals surface area (Å²) in [4.78, 5) is 39.1. The van der Waals surface area contributed by atoms with Gasteiger partial charge in [0.05, 0.1) is 66.9 Å². The summed E-state index contributed by atoms with van der Waals surface area (Å²) in [6.45, 7) is 0. The van der Waals surface area contributed by atoms with E-state index in [1.165, 1.54) is 32.3 Å². The zero-order valence-electron chi connectivity index (χ0n) is 56.1. The van der Waals surface area contributed by atoms with Gasteiger partial charge in [-0.05, 0) is 180 Å². The van der Waals surface area contributed by atoms with Crippen molar-refractivity contribution in [1.29, 1.82) is 0 Å². The molecular formula is C96H58N8. The summed E-state index contributed by atoms with van der Waals surface area (Å²) in [5.74, 6) is 0. The molecule has 0 saturated carbocycles. The second-order valence-electron chi connectivity index (χ2n) is 26.6. The number of hydrogen-bond donors (Lipinski definition) is 0. The van der Waals surface area contributed by atoms with Gasteiger partial charge in [0.2, 0.25) is 0 Å². The highest BCUT2D eigenvalue weighted by molar-refractivity contribution is 6.15. The van der Waals surface area contributed by atoms with Crippen LogP contribution in [0.5, 0.6) is 0 Å². The van der Waals surface area contributed by atoms with E-state index in [2.05, 4.69) is 323 Å². The maximum atomic E-state index is 5.17. The van der Waals surface area contributed by atoms with Crippen LogP contribution < -0.4 is 0 Å². The number of nitrogens with zero attached hydrogens (tertiary/aromatic N) is 8. The van der Waals surface area contributed by atoms with E-state index < -0.39 is 0 Å². The van der Waals surface area contributed by atoms with Crippen molar-refractivity contribution in [1.82, 2.24) is 39.9 Å². The molecule has 0 saturated heterocycles. The fourth-order valence-electron chi connectivity index (χ4n) is 15.2. The molecule has 482 valence electrons. The Morgan fingerprint density at radius 2 is 0.519 bits per heavy atom. The topological polar surface area (TPSA) is 103 Å². The Balaban J connectivity index is 0.000000139. The quantitative estimate of drug-likeness (QED) is 0.139. The Morgan fingerprint density at radius 3 is 1.08 bits per heavy atom. The monoisotopic (exact) mass is 1320 g/mol. The summed E-state index contributed by atoms with van der Waals surface area (Å²) < 4.78 is 0. The molecular weight excluding hydrogens is 1270 g/mol. The highest BCUT2D eigenvalue weighted by Crippen LogP contribution is 2.40. The minimum absolute atomic E-state index is 0.920. The molecule has 8 heterocycles. The van der Waals surface area contributed by atoms with Crippen LogP contribution in [0.1, 0.15) is 0 Å². The third-order valence-corrected chi connectivity index (χ3v) is 20.4. The lowest BCUT2D eigenvalue weighted by atomic mass is 9.95. The van der Waals surface area contributed by atoms with Crippen molar-refractivity contribution >= 4 is 120 Å². The first-order chi connectivity index (χ1) is 51.5. The van der Waals surface area contributed by atoms with Gasteiger partial charge in [-0.3, -0.25) is 19.9 Å². The molecule has 0 aliphatic carbocycles. The molecule has 0 atom stereocenters. The molecule has 0 unspecified atom stereocenters. The predicted octanol–water partition coefficient (Wildman–Crippen LogP) is 24.6. The molecule has 21 aromatic rings. The maximum Gasteiger partial charge on any atom is 0.0970 e. The van der Waals surface area contributed by atoms with Crippen LogP contribution in [0.3, 0.4) is 0 Å². The Bertz CT molecular complexity index is 7050. The molecule has 8 heteroatoms. The summed E-state index contributed by atoms with van der Waals surface area (Å²) in [6, 6.07) is 116. The molecule has 0 N–H and O–H groups in total. The first-order valence-corrected chi connectivity index (χ1v) is 35.0. The van der Waals surface area contributed by atoms with Crippen molar-refractivity contribution in [3.63, 3.8) is 0 Å². The van der Waals surface area contributed by atoms with Crippen LogP contribution >= 0.6 is 0 Å². The molecule has 0 fully saturated rings. The fraction of sp³-hybridized carbons (Fsp3) is 0. The largest absolute Gasteiger partial charge is 0.254 e. The van der Waals surface area contributed by atoms with Gasteiger partial charge in [0.15, 0.2) is 0 Å². The number of pyridine rings is 8. The number of rotatable bonds is 8. The lowest BCUT2D eigenvalue weighted by molar-refractivity contribution is 1.37. The third-order valence-electron chi connectivity index (χ3n) is 20.4. The van der Waals surface area contributed by atoms with Crippen LogP contribution in [0.4, 0.5) is 0 Å². The number of aromatic nitrogens is 8. The van der Waals surface area contributed by atoms with Crippen molar-refractivity contribution in [2.75, 3.05) is 0 Å². The molecule has 0 bridgehead atoms. The zero-order valence-corrected chi connectivity index (χ0v) is 56.1. The minimum atomic E-state index is 0.920. The van der Waals surface area contributed by atoms with Crippen molar-refractivity contribution in [2.45, 2.75) is 0 Å². The molecule has 13 aromatic carbocycles. The Hall–Kier alpha value is -14.1. The van der Waals surface area contributed by atoms with Gasteiger partial charge in [-0.15, -0.1) is 0 Å². The zero-order chi connectivity index (χ0) is 68.6. The van der Waals surface area contributed by atoms with E-state index in [4.69, 9.17) is 19.9 Å². The molecule has 0 amide bonds. The van der Waals surface area contributed by atoms with Gasteiger partial charge >= 0.3 is 0 Å². The lowest BCUT2D eigenvalue weighted by Gasteiger charge is -2.12. The molecule has 8 nitrogen and oxygen atoms in total. The molecule has 8 aromatic heterocycles. The van der Waals surface area contributed by atoms with Crippen LogP contribution in [-0.4, -0.2) is 39.9 Å². The van der Waals surface area contributed by atoms with Crippen molar-refractivity contribution in [2.24, 2.45) is 0 Å². The Labute approximate surface area is 597 Å². The summed E-state index contributed by atoms with van der Waals surface area (Å²) in [7, 11) is 0. The Kier molecular flexibility index (Phi) is 14.4. The van der Waals surface area contributed by atoms with Gasteiger partial charge < -0.3 is 0 Å². The van der Waals surface area contributed by atoms with Gasteiger partial charge in [0.1, 0.15) is 0 Å². The molecule has 0 aliphatic rings. The highest BCUT2D eigenvalue weighted by Gasteiger charge is 2.17. The van der Waals surface area contributed by atoms with E-state index in [1.54, 1.807) is 0 Å². The van der Waals surface area contributed by atoms with E-state index >= 15 is 0 Å². The lowest BCUT2D eigenvalue weighted by Crippen LogP contribution is -1.90. The third kappa shape index (κ3) is 10.7. The first-order valence-electron chi connectivity index (χ1n) is 35.0. The van der Waals surface area contributed by atoms with Crippen LogP contribution in [0.25, 0.3) is 209 Å². The minimum Gasteiger partial charge on any atom is -0.254 e. The average Bonchev–Trinajstić information content (AvgIpc) is 0.782. The number of benzene rings is 13. The number of fused-ring (bicyclic) bond motifs is 14. The second-order valence-corrected chi connectivity index (χ2v) is 26.6.